The van der Waals surface area contributed by atoms with Gasteiger partial charge in [0, 0.05) is 54.2 Å². The highest BCUT2D eigenvalue weighted by atomic mass is 19.1. The molecule has 0 bridgehead atoms. The minimum atomic E-state index is -0.562. The van der Waals surface area contributed by atoms with Crippen LogP contribution in [0, 0.1) is 5.82 Å². The summed E-state index contributed by atoms with van der Waals surface area (Å²) >= 11 is 0. The molecular weight excluding hydrogens is 453 g/mol. The Morgan fingerprint density at radius 1 is 1.34 bits per heavy atom. The highest BCUT2D eigenvalue weighted by Gasteiger charge is 2.31. The van der Waals surface area contributed by atoms with Crippen LogP contribution in [0.5, 0.6) is 6.01 Å². The molecule has 5 N–H and O–H groups in total. The van der Waals surface area contributed by atoms with Gasteiger partial charge in [-0.05, 0) is 44.0 Å². The number of hydrogen-bond acceptors (Lipinski definition) is 8. The lowest BCUT2D eigenvalue weighted by atomic mass is 9.92. The van der Waals surface area contributed by atoms with Crippen LogP contribution >= 0.6 is 0 Å². The summed E-state index contributed by atoms with van der Waals surface area (Å²) in [6, 6.07) is 6.26. The number of aryl methyl sites for hydroxylation is 1. The van der Waals surface area contributed by atoms with Crippen molar-refractivity contribution in [1.82, 2.24) is 19.7 Å². The van der Waals surface area contributed by atoms with E-state index in [-0.39, 0.29) is 29.2 Å². The van der Waals surface area contributed by atoms with E-state index < -0.39 is 17.8 Å². The Hall–Kier alpha value is -3.83. The van der Waals surface area contributed by atoms with Gasteiger partial charge in [0.25, 0.3) is 5.91 Å². The summed E-state index contributed by atoms with van der Waals surface area (Å²) in [6.45, 7) is 2.39. The quantitative estimate of drug-likeness (QED) is 0.317. The second kappa shape index (κ2) is 9.08. The zero-order valence-electron chi connectivity index (χ0n) is 19.3. The number of benzene rings is 2. The third-order valence-corrected chi connectivity index (χ3v) is 5.96. The van der Waals surface area contributed by atoms with E-state index in [1.807, 2.05) is 6.92 Å². The molecule has 1 aliphatic carbocycles. The van der Waals surface area contributed by atoms with E-state index in [1.165, 1.54) is 10.7 Å². The molecule has 3 atom stereocenters. The number of rotatable bonds is 7. The number of fused-ring (bicyclic) bond motifs is 2. The summed E-state index contributed by atoms with van der Waals surface area (Å²) < 4.78 is 21.7. The largest absolute Gasteiger partial charge is 0.457 e. The van der Waals surface area contributed by atoms with Gasteiger partial charge in [0.2, 0.25) is 0 Å². The van der Waals surface area contributed by atoms with E-state index in [9.17, 15) is 14.3 Å². The first-order valence-electron chi connectivity index (χ1n) is 11.4. The monoisotopic (exact) mass is 479 g/mol. The summed E-state index contributed by atoms with van der Waals surface area (Å²) in [5.74, 6) is -1.000. The van der Waals surface area contributed by atoms with Crippen LogP contribution in [-0.2, 0) is 7.05 Å². The molecule has 10 nitrogen and oxygen atoms in total. The number of aliphatic hydroxyl groups excluding tert-OH is 1. The summed E-state index contributed by atoms with van der Waals surface area (Å²) in [7, 11) is 1.70. The van der Waals surface area contributed by atoms with Crippen LogP contribution in [0.3, 0.4) is 0 Å². The number of amides is 1. The molecule has 11 heteroatoms. The molecule has 5 rings (SSSR count). The van der Waals surface area contributed by atoms with Crippen LogP contribution < -0.4 is 21.1 Å². The zero-order valence-corrected chi connectivity index (χ0v) is 19.3. The second-order valence-electron chi connectivity index (χ2n) is 8.89. The van der Waals surface area contributed by atoms with Crippen molar-refractivity contribution < 1.29 is 19.0 Å². The smallest absolute Gasteiger partial charge is 0.317 e. The molecule has 0 saturated heterocycles. The third kappa shape index (κ3) is 4.60. The number of anilines is 2. The first-order chi connectivity index (χ1) is 16.8. The van der Waals surface area contributed by atoms with Gasteiger partial charge >= 0.3 is 6.01 Å². The molecule has 0 spiro atoms. The number of halogens is 1. The first kappa shape index (κ1) is 22.9. The van der Waals surface area contributed by atoms with Gasteiger partial charge in [0.1, 0.15) is 11.6 Å². The fraction of sp³-hybridized carbons (Fsp3) is 0.333. The fourth-order valence-corrected chi connectivity index (χ4v) is 3.98. The van der Waals surface area contributed by atoms with Gasteiger partial charge < -0.3 is 26.2 Å². The number of ether oxygens (including phenoxy) is 1. The van der Waals surface area contributed by atoms with Gasteiger partial charge in [-0.3, -0.25) is 9.48 Å². The van der Waals surface area contributed by atoms with Crippen molar-refractivity contribution in [2.75, 3.05) is 17.2 Å². The number of nitrogens with one attached hydrogen (secondary N) is 2. The Balaban J connectivity index is 1.50. The molecule has 35 heavy (non-hydrogen) atoms. The van der Waals surface area contributed by atoms with Crippen LogP contribution in [0.2, 0.25) is 0 Å². The van der Waals surface area contributed by atoms with E-state index in [0.29, 0.717) is 47.1 Å². The lowest BCUT2D eigenvalue weighted by Gasteiger charge is -2.31. The van der Waals surface area contributed by atoms with Crippen molar-refractivity contribution in [3.63, 3.8) is 0 Å². The summed E-state index contributed by atoms with van der Waals surface area (Å²) in [5.41, 5.74) is 7.74. The second-order valence-corrected chi connectivity index (χ2v) is 8.89. The lowest BCUT2D eigenvalue weighted by molar-refractivity contribution is -0.0404. The van der Waals surface area contributed by atoms with Crippen LogP contribution in [-0.4, -0.2) is 55.6 Å². The number of carbonyl (C=O) groups excluding carboxylic acids is 1. The molecule has 2 heterocycles. The molecule has 2 aromatic carbocycles. The van der Waals surface area contributed by atoms with Gasteiger partial charge in [-0.2, -0.15) is 10.1 Å². The van der Waals surface area contributed by atoms with E-state index >= 15 is 0 Å². The van der Waals surface area contributed by atoms with Gasteiger partial charge in [-0.25, -0.2) is 9.37 Å². The minimum absolute atomic E-state index is 0.0717. The van der Waals surface area contributed by atoms with Crippen LogP contribution in [0.1, 0.15) is 30.1 Å². The zero-order chi connectivity index (χ0) is 24.7. The SMILES string of the molecule is C[C@H](N)CNc1ccc(C(=O)Nc2cc(F)c3nn(C)cc3c2)c2nc(OC3CCC3O)ncc12. The molecule has 1 saturated carbocycles. The van der Waals surface area contributed by atoms with Gasteiger partial charge in [-0.15, -0.1) is 0 Å². The number of nitrogens with zero attached hydrogens (tertiary/aromatic N) is 4. The maximum Gasteiger partial charge on any atom is 0.317 e. The fourth-order valence-electron chi connectivity index (χ4n) is 3.98. The van der Waals surface area contributed by atoms with E-state index in [0.717, 1.165) is 0 Å². The van der Waals surface area contributed by atoms with Crippen molar-refractivity contribution in [1.29, 1.82) is 0 Å². The molecular formula is C24H26FN7O3. The molecule has 1 aliphatic rings. The van der Waals surface area contributed by atoms with Crippen LogP contribution in [0.4, 0.5) is 15.8 Å². The van der Waals surface area contributed by atoms with Gasteiger partial charge in [0.05, 0.1) is 17.2 Å². The predicted molar refractivity (Wildman–Crippen MR) is 130 cm³/mol. The Morgan fingerprint density at radius 3 is 2.89 bits per heavy atom. The van der Waals surface area contributed by atoms with E-state index in [1.54, 1.807) is 37.6 Å². The Kier molecular flexibility index (Phi) is 5.95. The topological polar surface area (TPSA) is 140 Å². The number of hydrogen-bond donors (Lipinski definition) is 4. The van der Waals surface area contributed by atoms with Gasteiger partial charge in [0.15, 0.2) is 5.82 Å². The molecule has 4 aromatic rings. The molecule has 182 valence electrons. The molecule has 0 aliphatic heterocycles. The molecule has 1 fully saturated rings. The Bertz CT molecular complexity index is 1420. The van der Waals surface area contributed by atoms with E-state index in [4.69, 9.17) is 10.5 Å². The predicted octanol–water partition coefficient (Wildman–Crippen LogP) is 2.57. The normalized spacial score (nSPS) is 18.3. The molecule has 0 radical (unpaired) electrons. The first-order valence-corrected chi connectivity index (χ1v) is 11.4. The third-order valence-electron chi connectivity index (χ3n) is 5.96. The number of aromatic nitrogens is 4. The highest BCUT2D eigenvalue weighted by Crippen LogP contribution is 2.30. The van der Waals surface area contributed by atoms with Crippen molar-refractivity contribution >= 4 is 39.1 Å². The number of carbonyl (C=O) groups is 1. The average Bonchev–Trinajstić information content (AvgIpc) is 3.20. The summed E-state index contributed by atoms with van der Waals surface area (Å²) in [5, 5.41) is 21.1. The number of nitrogens with two attached hydrogens (primary N) is 1. The van der Waals surface area contributed by atoms with Crippen LogP contribution in [0.25, 0.3) is 21.8 Å². The molecule has 1 amide bonds. The van der Waals surface area contributed by atoms with Crippen molar-refractivity contribution in [3.05, 3.63) is 48.0 Å². The standard InChI is InChI=1S/C24H26FN7O3/c1-12(26)9-27-18-4-3-15(22-16(18)10-28-24(30-22)35-20-6-5-19(20)33)23(34)29-14-7-13-11-32(2)31-21(13)17(25)8-14/h3-4,7-8,10-12,19-20,27,33H,5-6,9,26H2,1-2H3,(H,29,34)/t12-,19?,20?/m0/s1. The Labute approximate surface area is 200 Å². The highest BCUT2D eigenvalue weighted by molar-refractivity contribution is 6.14. The maximum absolute atomic E-state index is 14.5. The van der Waals surface area contributed by atoms with Crippen molar-refractivity contribution in [3.8, 4) is 6.01 Å². The summed E-state index contributed by atoms with van der Waals surface area (Å²) in [4.78, 5) is 22.0. The van der Waals surface area contributed by atoms with Crippen molar-refractivity contribution in [2.45, 2.75) is 38.0 Å². The maximum atomic E-state index is 14.5. The lowest BCUT2D eigenvalue weighted by Crippen LogP contribution is -2.41. The summed E-state index contributed by atoms with van der Waals surface area (Å²) in [6.07, 6.45) is 3.67. The van der Waals surface area contributed by atoms with Gasteiger partial charge in [-0.1, -0.05) is 0 Å². The number of aliphatic hydroxyl groups is 1. The molecule has 2 aromatic heterocycles. The van der Waals surface area contributed by atoms with E-state index in [2.05, 4.69) is 25.7 Å². The minimum Gasteiger partial charge on any atom is -0.457 e. The van der Waals surface area contributed by atoms with Crippen molar-refractivity contribution in [2.24, 2.45) is 12.8 Å². The molecule has 2 unspecified atom stereocenters. The Morgan fingerprint density at radius 2 is 2.17 bits per heavy atom. The van der Waals surface area contributed by atoms with Crippen LogP contribution in [0.15, 0.2) is 36.7 Å². The average molecular weight is 480 g/mol.